The topological polar surface area (TPSA) is 113 Å². The molecule has 194 valence electrons. The van der Waals surface area contributed by atoms with E-state index in [4.69, 9.17) is 18.4 Å². The first kappa shape index (κ1) is 29.2. The number of rotatable bonds is 10. The summed E-state index contributed by atoms with van der Waals surface area (Å²) in [4.78, 5) is 28.9. The fourth-order valence-corrected chi connectivity index (χ4v) is 5.71. The van der Waals surface area contributed by atoms with E-state index in [-0.39, 0.29) is 10.9 Å². The number of nitrogens with one attached hydrogen (secondary N) is 1. The molecule has 0 spiro atoms. The molecule has 0 saturated carbocycles. The minimum atomic E-state index is -2.25. The minimum absolute atomic E-state index is 0.0601. The van der Waals surface area contributed by atoms with E-state index in [1.807, 2.05) is 0 Å². The van der Waals surface area contributed by atoms with Gasteiger partial charge >= 0.3 is 5.97 Å². The van der Waals surface area contributed by atoms with Gasteiger partial charge in [0.25, 0.3) is 0 Å². The standard InChI is InChI=1S/C23H34BrN3O6SSi/c1-13-25-21(32-27-13)16(26-14(2)28)12-34-11-15-17(33-35(8,9)23(3,4)5)10-18(30-6)20(24)19(15)22(29)31-7/h10,16H,11-12H2,1-9H3,(H,26,28)/t16-/m0/s1. The number of hydrogen-bond donors (Lipinski definition) is 1. The van der Waals surface area contributed by atoms with Crippen LogP contribution in [0.1, 0.15) is 61.4 Å². The van der Waals surface area contributed by atoms with Gasteiger partial charge in [-0.3, -0.25) is 4.79 Å². The number of halogens is 1. The Labute approximate surface area is 220 Å². The second-order valence-electron chi connectivity index (χ2n) is 9.55. The molecule has 0 fully saturated rings. The summed E-state index contributed by atoms with van der Waals surface area (Å²) in [5.74, 6) is 1.99. The molecule has 9 nitrogen and oxygen atoms in total. The molecule has 0 unspecified atom stereocenters. The van der Waals surface area contributed by atoms with Crippen molar-refractivity contribution < 1.29 is 28.0 Å². The fraction of sp³-hybridized carbons (Fsp3) is 0.565. The number of carbonyl (C=O) groups is 2. The van der Waals surface area contributed by atoms with Crippen molar-refractivity contribution in [2.24, 2.45) is 0 Å². The maximum atomic E-state index is 12.9. The zero-order valence-electron chi connectivity index (χ0n) is 21.7. The number of methoxy groups -OCH3 is 2. The van der Waals surface area contributed by atoms with Gasteiger partial charge in [-0.2, -0.15) is 16.7 Å². The molecule has 1 N–H and O–H groups in total. The molecule has 0 aliphatic rings. The Balaban J connectivity index is 2.48. The highest BCUT2D eigenvalue weighted by Gasteiger charge is 2.40. The van der Waals surface area contributed by atoms with Gasteiger partial charge in [-0.05, 0) is 41.0 Å². The number of nitrogens with zero attached hydrogens (tertiary/aromatic N) is 2. The van der Waals surface area contributed by atoms with Crippen molar-refractivity contribution in [1.29, 1.82) is 0 Å². The number of ether oxygens (including phenoxy) is 2. The number of amides is 1. The van der Waals surface area contributed by atoms with E-state index >= 15 is 0 Å². The summed E-state index contributed by atoms with van der Waals surface area (Å²) >= 11 is 5.01. The van der Waals surface area contributed by atoms with E-state index in [1.165, 1.54) is 32.9 Å². The molecule has 0 aliphatic carbocycles. The van der Waals surface area contributed by atoms with Crippen molar-refractivity contribution >= 4 is 47.9 Å². The smallest absolute Gasteiger partial charge is 0.339 e. The van der Waals surface area contributed by atoms with Crippen molar-refractivity contribution in [2.75, 3.05) is 20.0 Å². The van der Waals surface area contributed by atoms with Crippen LogP contribution in [0.4, 0.5) is 0 Å². The highest BCUT2D eigenvalue weighted by Crippen LogP contribution is 2.44. The number of aryl methyl sites for hydroxylation is 1. The van der Waals surface area contributed by atoms with E-state index in [0.29, 0.717) is 50.3 Å². The Hall–Kier alpha value is -2.05. The molecule has 0 saturated heterocycles. The van der Waals surface area contributed by atoms with E-state index in [2.05, 4.69) is 65.3 Å². The third-order valence-corrected chi connectivity index (χ3v) is 12.0. The molecule has 12 heteroatoms. The number of esters is 1. The third-order valence-electron chi connectivity index (χ3n) is 5.83. The summed E-state index contributed by atoms with van der Waals surface area (Å²) in [5, 5.41) is 6.61. The van der Waals surface area contributed by atoms with Crippen molar-refractivity contribution in [2.45, 2.75) is 64.5 Å². The zero-order valence-corrected chi connectivity index (χ0v) is 25.1. The van der Waals surface area contributed by atoms with Crippen LogP contribution in [0.2, 0.25) is 18.1 Å². The van der Waals surface area contributed by atoms with Crippen LogP contribution in [0.25, 0.3) is 0 Å². The minimum Gasteiger partial charge on any atom is -0.543 e. The van der Waals surface area contributed by atoms with E-state index in [1.54, 1.807) is 13.0 Å². The van der Waals surface area contributed by atoms with Crippen molar-refractivity contribution in [1.82, 2.24) is 15.5 Å². The van der Waals surface area contributed by atoms with Crippen molar-refractivity contribution in [3.05, 3.63) is 33.4 Å². The van der Waals surface area contributed by atoms with E-state index in [0.717, 1.165) is 0 Å². The summed E-state index contributed by atoms with van der Waals surface area (Å²) in [6, 6.07) is 1.33. The van der Waals surface area contributed by atoms with Crippen LogP contribution in [0.5, 0.6) is 11.5 Å². The lowest BCUT2D eigenvalue weighted by Crippen LogP contribution is -2.44. The summed E-state index contributed by atoms with van der Waals surface area (Å²) < 4.78 is 23.0. The number of aromatic nitrogens is 2. The molecule has 35 heavy (non-hydrogen) atoms. The molecule has 1 aromatic heterocycles. The highest BCUT2D eigenvalue weighted by atomic mass is 79.9. The molecule has 0 bridgehead atoms. The Morgan fingerprint density at radius 3 is 2.40 bits per heavy atom. The normalized spacial score (nSPS) is 12.7. The van der Waals surface area contributed by atoms with Gasteiger partial charge in [0.1, 0.15) is 17.5 Å². The van der Waals surface area contributed by atoms with Crippen molar-refractivity contribution in [3.8, 4) is 11.5 Å². The molecular formula is C23H34BrN3O6SSi. The number of thioether (sulfide) groups is 1. The van der Waals surface area contributed by atoms with E-state index in [9.17, 15) is 9.59 Å². The molecule has 0 aliphatic heterocycles. The van der Waals surface area contributed by atoms with Gasteiger partial charge in [-0.15, -0.1) is 0 Å². The molecule has 1 aromatic carbocycles. The molecule has 1 atom stereocenters. The van der Waals surface area contributed by atoms with Gasteiger partial charge in [0.05, 0.1) is 24.3 Å². The van der Waals surface area contributed by atoms with Gasteiger partial charge in [-0.25, -0.2) is 4.79 Å². The molecular weight excluding hydrogens is 554 g/mol. The number of hydrogen-bond acceptors (Lipinski definition) is 9. The van der Waals surface area contributed by atoms with E-state index < -0.39 is 20.3 Å². The van der Waals surface area contributed by atoms with Crippen LogP contribution < -0.4 is 14.5 Å². The predicted octanol–water partition coefficient (Wildman–Crippen LogP) is 5.43. The maximum absolute atomic E-state index is 12.9. The summed E-state index contributed by atoms with van der Waals surface area (Å²) in [6.45, 7) is 13.9. The number of benzene rings is 1. The quantitative estimate of drug-likeness (QED) is 0.287. The Morgan fingerprint density at radius 2 is 1.91 bits per heavy atom. The second-order valence-corrected chi connectivity index (χ2v) is 16.1. The zero-order chi connectivity index (χ0) is 26.6. The van der Waals surface area contributed by atoms with Crippen LogP contribution in [-0.4, -0.2) is 50.3 Å². The van der Waals surface area contributed by atoms with Crippen LogP contribution in [0.3, 0.4) is 0 Å². The van der Waals surface area contributed by atoms with Gasteiger partial charge in [0, 0.05) is 30.1 Å². The predicted molar refractivity (Wildman–Crippen MR) is 142 cm³/mol. The maximum Gasteiger partial charge on any atom is 0.339 e. The van der Waals surface area contributed by atoms with Gasteiger partial charge in [0.2, 0.25) is 20.1 Å². The lowest BCUT2D eigenvalue weighted by atomic mass is 10.1. The Morgan fingerprint density at radius 1 is 1.26 bits per heavy atom. The van der Waals surface area contributed by atoms with Crippen LogP contribution in [0.15, 0.2) is 15.1 Å². The lowest BCUT2D eigenvalue weighted by Gasteiger charge is -2.37. The first-order chi connectivity index (χ1) is 16.2. The second kappa shape index (κ2) is 11.8. The Kier molecular flexibility index (Phi) is 9.83. The molecule has 0 radical (unpaired) electrons. The number of carbonyl (C=O) groups excluding carboxylic acids is 2. The monoisotopic (exact) mass is 587 g/mol. The fourth-order valence-electron chi connectivity index (χ4n) is 2.93. The highest BCUT2D eigenvalue weighted by molar-refractivity contribution is 9.10. The summed E-state index contributed by atoms with van der Waals surface area (Å²) in [6.07, 6.45) is 0. The molecule has 1 amide bonds. The first-order valence-corrected chi connectivity index (χ1v) is 15.9. The van der Waals surface area contributed by atoms with Gasteiger partial charge in [-0.1, -0.05) is 25.9 Å². The molecule has 2 aromatic rings. The SMILES string of the molecule is COC(=O)c1c(Br)c(OC)cc(O[Si](C)(C)C(C)(C)C)c1CSC[C@H](NC(C)=O)c1nc(C)no1. The Bertz CT molecular complexity index is 1070. The molecule has 2 rings (SSSR count). The summed E-state index contributed by atoms with van der Waals surface area (Å²) in [5.41, 5.74) is 1.03. The summed E-state index contributed by atoms with van der Waals surface area (Å²) in [7, 11) is 0.622. The van der Waals surface area contributed by atoms with Crippen LogP contribution >= 0.6 is 27.7 Å². The van der Waals surface area contributed by atoms with Gasteiger partial charge < -0.3 is 23.7 Å². The average molecular weight is 589 g/mol. The lowest BCUT2D eigenvalue weighted by molar-refractivity contribution is -0.119. The first-order valence-electron chi connectivity index (χ1n) is 11.0. The largest absolute Gasteiger partial charge is 0.543 e. The third kappa shape index (κ3) is 7.23. The van der Waals surface area contributed by atoms with Crippen molar-refractivity contribution in [3.63, 3.8) is 0 Å². The average Bonchev–Trinajstić information content (AvgIpc) is 3.19. The molecule has 1 heterocycles. The van der Waals surface area contributed by atoms with Gasteiger partial charge in [0.15, 0.2) is 5.82 Å². The van der Waals surface area contributed by atoms with Crippen LogP contribution in [0, 0.1) is 6.92 Å². The van der Waals surface area contributed by atoms with Crippen LogP contribution in [-0.2, 0) is 15.3 Å².